The Balaban J connectivity index is 2.36. The van der Waals surface area contributed by atoms with Gasteiger partial charge < -0.3 is 10.4 Å². The fourth-order valence-electron chi connectivity index (χ4n) is 1.87. The maximum Gasteiger partial charge on any atom is 0.277 e. The molecule has 2 rings (SSSR count). The van der Waals surface area contributed by atoms with Gasteiger partial charge in [0.15, 0.2) is 0 Å². The van der Waals surface area contributed by atoms with Crippen LogP contribution in [0.3, 0.4) is 0 Å². The average Bonchev–Trinajstić information content (AvgIpc) is 2.50. The number of rotatable bonds is 4. The molecule has 9 nitrogen and oxygen atoms in total. The molecule has 2 N–H and O–H groups in total. The number of phenolic OH excluding ortho intramolecular Hbond substituents is 1. The molecule has 0 bridgehead atoms. The lowest BCUT2D eigenvalue weighted by molar-refractivity contribution is -0.394. The van der Waals surface area contributed by atoms with Gasteiger partial charge in [0.05, 0.1) is 21.5 Å². The van der Waals surface area contributed by atoms with E-state index in [0.717, 1.165) is 18.2 Å². The molecular weight excluding hydrogens is 306 g/mol. The topological polar surface area (TPSA) is 136 Å². The zero-order valence-electron chi connectivity index (χ0n) is 11.8. The van der Waals surface area contributed by atoms with Crippen molar-refractivity contribution in [2.24, 2.45) is 0 Å². The first kappa shape index (κ1) is 15.9. The maximum atomic E-state index is 12.1. The van der Waals surface area contributed by atoms with Crippen LogP contribution >= 0.6 is 0 Å². The van der Waals surface area contributed by atoms with Crippen LogP contribution in [0.25, 0.3) is 0 Å². The molecule has 118 valence electrons. The van der Waals surface area contributed by atoms with E-state index < -0.39 is 27.1 Å². The highest BCUT2D eigenvalue weighted by atomic mass is 16.6. The number of phenols is 1. The first-order valence-corrected chi connectivity index (χ1v) is 6.33. The molecule has 23 heavy (non-hydrogen) atoms. The van der Waals surface area contributed by atoms with Crippen molar-refractivity contribution in [1.82, 2.24) is 0 Å². The van der Waals surface area contributed by atoms with Crippen LogP contribution in [0, 0.1) is 27.2 Å². The van der Waals surface area contributed by atoms with E-state index in [9.17, 15) is 30.1 Å². The van der Waals surface area contributed by atoms with Crippen LogP contribution in [0.5, 0.6) is 5.75 Å². The zero-order valence-corrected chi connectivity index (χ0v) is 11.8. The molecule has 0 unspecified atom stereocenters. The number of nitrogens with one attached hydrogen (secondary N) is 1. The van der Waals surface area contributed by atoms with Gasteiger partial charge in [-0.2, -0.15) is 0 Å². The SMILES string of the molecule is Cc1cc(NC(=O)c2cc([N+](=O)[O-])cc([N+](=O)[O-])c2)ccc1O. The number of hydrogen-bond donors (Lipinski definition) is 2. The Kier molecular flexibility index (Phi) is 4.21. The number of carbonyl (C=O) groups is 1. The minimum atomic E-state index is -0.811. The Morgan fingerprint density at radius 2 is 1.61 bits per heavy atom. The minimum Gasteiger partial charge on any atom is -0.508 e. The quantitative estimate of drug-likeness (QED) is 0.505. The summed E-state index contributed by atoms with van der Waals surface area (Å²) in [6.45, 7) is 1.63. The number of nitro groups is 2. The lowest BCUT2D eigenvalue weighted by atomic mass is 10.1. The first-order valence-electron chi connectivity index (χ1n) is 6.33. The van der Waals surface area contributed by atoms with Crippen molar-refractivity contribution in [1.29, 1.82) is 0 Å². The summed E-state index contributed by atoms with van der Waals surface area (Å²) in [6, 6.07) is 7.00. The predicted octanol–water partition coefficient (Wildman–Crippen LogP) is 2.77. The average molecular weight is 317 g/mol. The second kappa shape index (κ2) is 6.10. The van der Waals surface area contributed by atoms with Gasteiger partial charge in [-0.25, -0.2) is 0 Å². The van der Waals surface area contributed by atoms with E-state index in [-0.39, 0.29) is 11.3 Å². The van der Waals surface area contributed by atoms with E-state index in [0.29, 0.717) is 11.3 Å². The minimum absolute atomic E-state index is 0.0500. The van der Waals surface area contributed by atoms with Crippen LogP contribution in [0.15, 0.2) is 36.4 Å². The van der Waals surface area contributed by atoms with E-state index in [1.807, 2.05) is 0 Å². The Morgan fingerprint density at radius 3 is 2.09 bits per heavy atom. The molecule has 9 heteroatoms. The third kappa shape index (κ3) is 3.59. The summed E-state index contributed by atoms with van der Waals surface area (Å²) in [5.41, 5.74) is -0.443. The number of aromatic hydroxyl groups is 1. The van der Waals surface area contributed by atoms with Crippen LogP contribution in [-0.4, -0.2) is 20.9 Å². The van der Waals surface area contributed by atoms with E-state index in [4.69, 9.17) is 0 Å². The highest BCUT2D eigenvalue weighted by Gasteiger charge is 2.20. The van der Waals surface area contributed by atoms with Gasteiger partial charge in [0.2, 0.25) is 0 Å². The first-order chi connectivity index (χ1) is 10.8. The maximum absolute atomic E-state index is 12.1. The van der Waals surface area contributed by atoms with Crippen LogP contribution < -0.4 is 5.32 Å². The molecule has 0 aliphatic heterocycles. The number of carbonyl (C=O) groups excluding carboxylic acids is 1. The lowest BCUT2D eigenvalue weighted by Crippen LogP contribution is -2.12. The third-order valence-corrected chi connectivity index (χ3v) is 3.04. The molecule has 0 aliphatic rings. The molecule has 0 spiro atoms. The van der Waals surface area contributed by atoms with Gasteiger partial charge in [-0.3, -0.25) is 25.0 Å². The molecule has 1 amide bonds. The van der Waals surface area contributed by atoms with Crippen molar-refractivity contribution < 1.29 is 19.7 Å². The number of non-ortho nitro benzene ring substituents is 2. The van der Waals surface area contributed by atoms with Gasteiger partial charge in [-0.05, 0) is 30.7 Å². The van der Waals surface area contributed by atoms with Crippen LogP contribution in [0.2, 0.25) is 0 Å². The van der Waals surface area contributed by atoms with E-state index in [1.54, 1.807) is 6.92 Å². The monoisotopic (exact) mass is 317 g/mol. The largest absolute Gasteiger partial charge is 0.508 e. The lowest BCUT2D eigenvalue weighted by Gasteiger charge is -2.07. The molecule has 0 fully saturated rings. The van der Waals surface area contributed by atoms with Gasteiger partial charge in [-0.1, -0.05) is 0 Å². The second-order valence-corrected chi connectivity index (χ2v) is 4.71. The Labute approximate surface area is 129 Å². The molecule has 0 saturated carbocycles. The fraction of sp³-hybridized carbons (Fsp3) is 0.0714. The van der Waals surface area contributed by atoms with Gasteiger partial charge in [0.25, 0.3) is 17.3 Å². The van der Waals surface area contributed by atoms with E-state index >= 15 is 0 Å². The number of nitrogens with zero attached hydrogens (tertiary/aromatic N) is 2. The molecular formula is C14H11N3O6. The molecule has 0 atom stereocenters. The Hall–Kier alpha value is -3.49. The number of hydrogen-bond acceptors (Lipinski definition) is 6. The number of amides is 1. The summed E-state index contributed by atoms with van der Waals surface area (Å²) in [5.74, 6) is -0.684. The normalized spacial score (nSPS) is 10.1. The molecule has 0 saturated heterocycles. The van der Waals surface area contributed by atoms with E-state index in [1.165, 1.54) is 18.2 Å². The summed E-state index contributed by atoms with van der Waals surface area (Å²) >= 11 is 0. The molecule has 0 radical (unpaired) electrons. The molecule has 0 aliphatic carbocycles. The summed E-state index contributed by atoms with van der Waals surface area (Å²) in [4.78, 5) is 32.1. The van der Waals surface area contributed by atoms with Crippen molar-refractivity contribution >= 4 is 23.0 Å². The van der Waals surface area contributed by atoms with Gasteiger partial charge in [0, 0.05) is 17.8 Å². The molecule has 0 aromatic heterocycles. The highest BCUT2D eigenvalue weighted by molar-refractivity contribution is 6.05. The van der Waals surface area contributed by atoms with Gasteiger partial charge in [0.1, 0.15) is 5.75 Å². The third-order valence-electron chi connectivity index (χ3n) is 3.04. The van der Waals surface area contributed by atoms with Crippen molar-refractivity contribution in [3.63, 3.8) is 0 Å². The Morgan fingerprint density at radius 1 is 1.04 bits per heavy atom. The molecule has 0 heterocycles. The highest BCUT2D eigenvalue weighted by Crippen LogP contribution is 2.24. The summed E-state index contributed by atoms with van der Waals surface area (Å²) in [6.07, 6.45) is 0. The van der Waals surface area contributed by atoms with Crippen LogP contribution in [0.1, 0.15) is 15.9 Å². The van der Waals surface area contributed by atoms with Gasteiger partial charge >= 0.3 is 0 Å². The standard InChI is InChI=1S/C14H11N3O6/c1-8-4-10(2-3-13(8)18)15-14(19)9-5-11(16(20)21)7-12(6-9)17(22)23/h2-7,18H,1H3,(H,15,19). The van der Waals surface area contributed by atoms with Crippen molar-refractivity contribution in [3.8, 4) is 5.75 Å². The number of nitro benzene ring substituents is 2. The summed E-state index contributed by atoms with van der Waals surface area (Å²) in [7, 11) is 0. The number of aryl methyl sites for hydroxylation is 1. The van der Waals surface area contributed by atoms with Crippen molar-refractivity contribution in [2.45, 2.75) is 6.92 Å². The molecule has 2 aromatic carbocycles. The fourth-order valence-corrected chi connectivity index (χ4v) is 1.87. The van der Waals surface area contributed by atoms with Crippen molar-refractivity contribution in [3.05, 3.63) is 67.8 Å². The summed E-state index contributed by atoms with van der Waals surface area (Å²) in [5, 5.41) is 33.5. The van der Waals surface area contributed by atoms with E-state index in [2.05, 4.69) is 5.32 Å². The summed E-state index contributed by atoms with van der Waals surface area (Å²) < 4.78 is 0. The van der Waals surface area contributed by atoms with Crippen LogP contribution in [-0.2, 0) is 0 Å². The smallest absolute Gasteiger partial charge is 0.277 e. The predicted molar refractivity (Wildman–Crippen MR) is 80.5 cm³/mol. The molecule has 2 aromatic rings. The number of anilines is 1. The number of benzene rings is 2. The van der Waals surface area contributed by atoms with Crippen LogP contribution in [0.4, 0.5) is 17.1 Å². The van der Waals surface area contributed by atoms with Gasteiger partial charge in [-0.15, -0.1) is 0 Å². The Bertz CT molecular complexity index is 786. The van der Waals surface area contributed by atoms with Crippen molar-refractivity contribution in [2.75, 3.05) is 5.32 Å². The zero-order chi connectivity index (χ0) is 17.1. The second-order valence-electron chi connectivity index (χ2n) is 4.71.